The van der Waals surface area contributed by atoms with E-state index in [1.165, 1.54) is 49.3 Å². The molecule has 1 aromatic heterocycles. The topological polar surface area (TPSA) is 195 Å². The molecule has 3 aliphatic carbocycles. The molecule has 5 rings (SSSR count). The number of nitrogens with zero attached hydrogens (tertiary/aromatic N) is 3. The van der Waals surface area contributed by atoms with Crippen LogP contribution in [0, 0.1) is 11.8 Å². The summed E-state index contributed by atoms with van der Waals surface area (Å²) in [4.78, 5) is 58.5. The Bertz CT molecular complexity index is 1550. The van der Waals surface area contributed by atoms with Crippen LogP contribution in [0.3, 0.4) is 0 Å². The van der Waals surface area contributed by atoms with Crippen LogP contribution in [0.2, 0.25) is 0 Å². The summed E-state index contributed by atoms with van der Waals surface area (Å²) < 4.78 is 0. The number of carbonyl (C=O) groups excluding carboxylic acids is 4. The summed E-state index contributed by atoms with van der Waals surface area (Å²) >= 11 is 0. The van der Waals surface area contributed by atoms with Gasteiger partial charge in [0, 0.05) is 36.9 Å². The number of aromatic hydroxyl groups is 1. The first-order chi connectivity index (χ1) is 18.8. The van der Waals surface area contributed by atoms with E-state index in [0.717, 1.165) is 0 Å². The van der Waals surface area contributed by atoms with Crippen molar-refractivity contribution in [1.82, 2.24) is 9.88 Å². The van der Waals surface area contributed by atoms with Gasteiger partial charge in [0.15, 0.2) is 11.4 Å². The molecule has 12 nitrogen and oxygen atoms in total. The molecule has 0 radical (unpaired) electrons. The van der Waals surface area contributed by atoms with Gasteiger partial charge >= 0.3 is 0 Å². The minimum Gasteiger partial charge on any atom is -0.508 e. The predicted molar refractivity (Wildman–Crippen MR) is 141 cm³/mol. The Labute approximate surface area is 228 Å². The summed E-state index contributed by atoms with van der Waals surface area (Å²) in [6.45, 7) is 1.36. The molecule has 12 heteroatoms. The third-order valence-electron chi connectivity index (χ3n) is 8.01. The number of amides is 2. The number of phenolic OH excluding ortho intramolecular Hbond substituents is 1. The summed E-state index contributed by atoms with van der Waals surface area (Å²) in [7, 11) is 3.07. The number of aromatic nitrogens is 1. The first kappa shape index (κ1) is 27.0. The molecular weight excluding hydrogens is 520 g/mol. The van der Waals surface area contributed by atoms with Gasteiger partial charge in [0.1, 0.15) is 22.8 Å². The fourth-order valence-electron chi connectivity index (χ4n) is 6.39. The lowest BCUT2D eigenvalue weighted by Crippen LogP contribution is -2.65. The van der Waals surface area contributed by atoms with Crippen LogP contribution in [-0.4, -0.2) is 79.4 Å². The standard InChI is InChI=1S/C28H28N4O8/c1-12(33)32(15-4-6-30-7-5-15)16-9-13-8-14-10-17-22(31(2)3)24(36)21(27(29)39)26(38)28(17,40)25(37)20(14)23(35)19(13)18(34)11-16/h4-7,9,11,14,17,22,34-35,38,40H,8,10H2,1-3H3,(H2,29,39)/t14-,17-,22-,28-/m0/s1. The molecule has 0 saturated heterocycles. The smallest absolute Gasteiger partial charge is 0.255 e. The first-order valence-corrected chi connectivity index (χ1v) is 12.5. The van der Waals surface area contributed by atoms with E-state index in [1.807, 2.05) is 0 Å². The zero-order valence-corrected chi connectivity index (χ0v) is 22.0. The normalized spacial score (nSPS) is 25.9. The van der Waals surface area contributed by atoms with Gasteiger partial charge in [-0.05, 0) is 56.6 Å². The highest BCUT2D eigenvalue weighted by atomic mass is 16.3. The summed E-state index contributed by atoms with van der Waals surface area (Å²) in [5.74, 6) is -7.59. The van der Waals surface area contributed by atoms with Crippen LogP contribution >= 0.6 is 0 Å². The maximum atomic E-state index is 13.9. The van der Waals surface area contributed by atoms with E-state index < -0.39 is 63.8 Å². The number of primary amides is 1. The number of likely N-dealkylation sites (N-methyl/N-ethyl adjacent to an activating group) is 1. The van der Waals surface area contributed by atoms with Crippen molar-refractivity contribution >= 4 is 40.5 Å². The van der Waals surface area contributed by atoms with E-state index in [4.69, 9.17) is 5.73 Å². The van der Waals surface area contributed by atoms with E-state index in [1.54, 1.807) is 18.2 Å². The Morgan fingerprint density at radius 1 is 1.07 bits per heavy atom. The lowest BCUT2D eigenvalue weighted by molar-refractivity contribution is -0.153. The highest BCUT2D eigenvalue weighted by molar-refractivity contribution is 6.24. The summed E-state index contributed by atoms with van der Waals surface area (Å²) in [6, 6.07) is 4.96. The van der Waals surface area contributed by atoms with Gasteiger partial charge in [0.05, 0.1) is 23.0 Å². The van der Waals surface area contributed by atoms with Crippen molar-refractivity contribution < 1.29 is 39.6 Å². The van der Waals surface area contributed by atoms with Crippen LogP contribution in [0.4, 0.5) is 11.4 Å². The van der Waals surface area contributed by atoms with Crippen molar-refractivity contribution in [3.05, 3.63) is 64.7 Å². The Balaban J connectivity index is 1.68. The maximum absolute atomic E-state index is 13.9. The molecule has 3 aliphatic rings. The molecular formula is C28H28N4O8. The Morgan fingerprint density at radius 3 is 2.30 bits per heavy atom. The molecule has 6 N–H and O–H groups in total. The van der Waals surface area contributed by atoms with Crippen molar-refractivity contribution in [1.29, 1.82) is 0 Å². The van der Waals surface area contributed by atoms with Crippen LogP contribution in [-0.2, 0) is 25.6 Å². The lowest BCUT2D eigenvalue weighted by Gasteiger charge is -2.50. The number of pyridine rings is 1. The minimum absolute atomic E-state index is 0.0302. The van der Waals surface area contributed by atoms with Gasteiger partial charge in [0.25, 0.3) is 5.91 Å². The number of Topliss-reactive ketones (excluding diaryl/α,β-unsaturated/α-hetero) is 2. The Kier molecular flexibility index (Phi) is 6.27. The number of hydrogen-bond acceptors (Lipinski definition) is 10. The van der Waals surface area contributed by atoms with E-state index in [-0.39, 0.29) is 29.9 Å². The van der Waals surface area contributed by atoms with Gasteiger partial charge in [0.2, 0.25) is 11.7 Å². The molecule has 1 saturated carbocycles. The zero-order valence-electron chi connectivity index (χ0n) is 22.0. The number of nitrogens with two attached hydrogens (primary N) is 1. The van der Waals surface area contributed by atoms with E-state index in [2.05, 4.69) is 4.98 Å². The number of ketones is 2. The third kappa shape index (κ3) is 3.71. The molecule has 2 amide bonds. The van der Waals surface area contributed by atoms with Crippen molar-refractivity contribution in [2.45, 2.75) is 31.4 Å². The molecule has 0 spiro atoms. The van der Waals surface area contributed by atoms with Crippen LogP contribution in [0.1, 0.15) is 24.5 Å². The number of aliphatic hydroxyl groups excluding tert-OH is 2. The molecule has 1 aromatic carbocycles. The lowest BCUT2D eigenvalue weighted by atomic mass is 9.57. The molecule has 0 bridgehead atoms. The van der Waals surface area contributed by atoms with Crippen LogP contribution in [0.25, 0.3) is 5.76 Å². The molecule has 1 fully saturated rings. The molecule has 208 valence electrons. The second kappa shape index (κ2) is 9.28. The zero-order chi connectivity index (χ0) is 29.3. The fourth-order valence-corrected chi connectivity index (χ4v) is 6.39. The first-order valence-electron chi connectivity index (χ1n) is 12.5. The number of anilines is 2. The van der Waals surface area contributed by atoms with Crippen molar-refractivity contribution in [2.24, 2.45) is 17.6 Å². The monoisotopic (exact) mass is 548 g/mol. The molecule has 1 heterocycles. The maximum Gasteiger partial charge on any atom is 0.255 e. The predicted octanol–water partition coefficient (Wildman–Crippen LogP) is 1.04. The van der Waals surface area contributed by atoms with E-state index in [0.29, 0.717) is 16.9 Å². The highest BCUT2D eigenvalue weighted by Crippen LogP contribution is 2.53. The highest BCUT2D eigenvalue weighted by Gasteiger charge is 2.64. The number of carbonyl (C=O) groups is 4. The van der Waals surface area contributed by atoms with Gasteiger partial charge in [-0.15, -0.1) is 0 Å². The Hall–Kier alpha value is -4.55. The van der Waals surface area contributed by atoms with Crippen molar-refractivity contribution in [3.63, 3.8) is 0 Å². The minimum atomic E-state index is -2.70. The second-order valence-electron chi connectivity index (χ2n) is 10.5. The van der Waals surface area contributed by atoms with E-state index in [9.17, 15) is 39.6 Å². The van der Waals surface area contributed by atoms with Crippen molar-refractivity contribution in [2.75, 3.05) is 19.0 Å². The molecule has 40 heavy (non-hydrogen) atoms. The average molecular weight is 549 g/mol. The molecule has 0 unspecified atom stereocenters. The van der Waals surface area contributed by atoms with Crippen molar-refractivity contribution in [3.8, 4) is 5.75 Å². The average Bonchev–Trinajstić information content (AvgIpc) is 2.86. The van der Waals surface area contributed by atoms with Gasteiger partial charge < -0.3 is 26.2 Å². The summed E-state index contributed by atoms with van der Waals surface area (Å²) in [6.07, 6.45) is 3.11. The van der Waals surface area contributed by atoms with Crippen LogP contribution in [0.5, 0.6) is 5.75 Å². The number of fused-ring (bicyclic) bond motifs is 3. The van der Waals surface area contributed by atoms with Crippen LogP contribution in [0.15, 0.2) is 53.6 Å². The SMILES string of the molecule is CC(=O)N(c1ccncc1)c1cc(O)c2c(c1)C[C@H]1C[C@H]3[C@H](N(C)C)C(=O)C(C(N)=O)=C(O)[C@@]3(O)C(=O)C1=C2O. The number of aliphatic hydroxyl groups is 3. The van der Waals surface area contributed by atoms with Gasteiger partial charge in [-0.25, -0.2) is 0 Å². The molecule has 0 aliphatic heterocycles. The van der Waals surface area contributed by atoms with Gasteiger partial charge in [-0.2, -0.15) is 0 Å². The number of rotatable bonds is 4. The van der Waals surface area contributed by atoms with Crippen LogP contribution < -0.4 is 10.6 Å². The number of hydrogen-bond donors (Lipinski definition) is 5. The summed E-state index contributed by atoms with van der Waals surface area (Å²) in [5, 5.41) is 44.8. The molecule has 2 aromatic rings. The Morgan fingerprint density at radius 2 is 1.73 bits per heavy atom. The summed E-state index contributed by atoms with van der Waals surface area (Å²) in [5.41, 5.74) is 2.71. The number of phenols is 1. The van der Waals surface area contributed by atoms with Gasteiger partial charge in [-0.1, -0.05) is 0 Å². The third-order valence-corrected chi connectivity index (χ3v) is 8.01. The van der Waals surface area contributed by atoms with E-state index >= 15 is 0 Å². The fraction of sp³-hybridized carbons (Fsp3) is 0.321. The number of benzene rings is 1. The van der Waals surface area contributed by atoms with Gasteiger partial charge in [-0.3, -0.25) is 34.0 Å². The second-order valence-corrected chi connectivity index (χ2v) is 10.5. The molecule has 4 atom stereocenters. The quantitative estimate of drug-likeness (QED) is 0.345. The largest absolute Gasteiger partial charge is 0.508 e.